The fourth-order valence-electron chi connectivity index (χ4n) is 3.57. The molecule has 0 radical (unpaired) electrons. The molecule has 2 heterocycles. The molecule has 1 amide bonds. The van der Waals surface area contributed by atoms with Crippen LogP contribution in [0.15, 0.2) is 36.4 Å². The van der Waals surface area contributed by atoms with E-state index >= 15 is 0 Å². The molecule has 1 fully saturated rings. The van der Waals surface area contributed by atoms with Crippen LogP contribution in [0.3, 0.4) is 0 Å². The van der Waals surface area contributed by atoms with E-state index in [4.69, 9.17) is 4.74 Å². The average molecular weight is 400 g/mol. The lowest BCUT2D eigenvalue weighted by Gasteiger charge is -2.25. The summed E-state index contributed by atoms with van der Waals surface area (Å²) < 4.78 is 20.4. The van der Waals surface area contributed by atoms with Gasteiger partial charge in [0.2, 0.25) is 11.8 Å². The van der Waals surface area contributed by atoms with Crippen LogP contribution in [-0.2, 0) is 17.9 Å². The van der Waals surface area contributed by atoms with Crippen LogP contribution in [0, 0.1) is 5.82 Å². The van der Waals surface area contributed by atoms with Crippen LogP contribution in [0.25, 0.3) is 0 Å². The zero-order chi connectivity index (χ0) is 20.6. The van der Waals surface area contributed by atoms with Gasteiger partial charge in [0.05, 0.1) is 13.2 Å². The largest absolute Gasteiger partial charge is 0.481 e. The lowest BCUT2D eigenvalue weighted by molar-refractivity contribution is -0.122. The molecule has 2 aromatic rings. The standard InChI is InChI=1S/C22H29FN4O2/c1-3-12-27(15-16-8-5-4-6-9-16)20-18(23)13-17(22(26-20)29-2)14-25-21(28)19-10-7-11-24-19/h4-6,8-9,13,19,24H,3,7,10-12,14-15H2,1-2H3,(H,25,28)/t19-/m0/s1. The second-order valence-corrected chi connectivity index (χ2v) is 7.24. The number of rotatable bonds is 9. The van der Waals surface area contributed by atoms with Crippen LogP contribution < -0.4 is 20.3 Å². The van der Waals surface area contributed by atoms with Crippen molar-refractivity contribution in [3.05, 3.63) is 53.3 Å². The third kappa shape index (κ3) is 5.44. The van der Waals surface area contributed by atoms with E-state index in [0.29, 0.717) is 24.5 Å². The first-order valence-corrected chi connectivity index (χ1v) is 10.2. The third-order valence-corrected chi connectivity index (χ3v) is 5.03. The molecule has 7 heteroatoms. The van der Waals surface area contributed by atoms with Crippen LogP contribution in [0.5, 0.6) is 5.88 Å². The normalized spacial score (nSPS) is 15.9. The van der Waals surface area contributed by atoms with Crippen molar-refractivity contribution < 1.29 is 13.9 Å². The van der Waals surface area contributed by atoms with Gasteiger partial charge in [0.15, 0.2) is 11.6 Å². The highest BCUT2D eigenvalue weighted by molar-refractivity contribution is 5.82. The molecule has 156 valence electrons. The fraction of sp³-hybridized carbons (Fsp3) is 0.455. The molecular formula is C22H29FN4O2. The molecule has 1 atom stereocenters. The Hall–Kier alpha value is -2.67. The molecule has 0 unspecified atom stereocenters. The third-order valence-electron chi connectivity index (χ3n) is 5.03. The highest BCUT2D eigenvalue weighted by atomic mass is 19.1. The number of ether oxygens (including phenoxy) is 1. The summed E-state index contributed by atoms with van der Waals surface area (Å²) in [6.07, 6.45) is 2.67. The van der Waals surface area contributed by atoms with Crippen molar-refractivity contribution in [2.45, 2.75) is 45.3 Å². The zero-order valence-electron chi connectivity index (χ0n) is 17.1. The van der Waals surface area contributed by atoms with E-state index in [9.17, 15) is 9.18 Å². The fourth-order valence-corrected chi connectivity index (χ4v) is 3.57. The van der Waals surface area contributed by atoms with Crippen molar-refractivity contribution in [3.8, 4) is 5.88 Å². The number of aromatic nitrogens is 1. The van der Waals surface area contributed by atoms with Gasteiger partial charge in [-0.2, -0.15) is 4.98 Å². The molecule has 0 spiro atoms. The Balaban J connectivity index is 1.77. The number of methoxy groups -OCH3 is 1. The number of nitrogens with zero attached hydrogens (tertiary/aromatic N) is 2. The highest BCUT2D eigenvalue weighted by Crippen LogP contribution is 2.26. The van der Waals surface area contributed by atoms with Crippen LogP contribution in [0.4, 0.5) is 10.2 Å². The number of pyridine rings is 1. The summed E-state index contributed by atoms with van der Waals surface area (Å²) in [5.41, 5.74) is 1.61. The summed E-state index contributed by atoms with van der Waals surface area (Å²) in [5, 5.41) is 6.01. The van der Waals surface area contributed by atoms with Crippen LogP contribution in [0.1, 0.15) is 37.3 Å². The monoisotopic (exact) mass is 400 g/mol. The first-order chi connectivity index (χ1) is 14.1. The van der Waals surface area contributed by atoms with Gasteiger partial charge in [-0.3, -0.25) is 4.79 Å². The van der Waals surface area contributed by atoms with Gasteiger partial charge in [0, 0.05) is 25.2 Å². The maximum atomic E-state index is 15.0. The molecule has 29 heavy (non-hydrogen) atoms. The van der Waals surface area contributed by atoms with E-state index in [1.165, 1.54) is 13.2 Å². The van der Waals surface area contributed by atoms with E-state index in [2.05, 4.69) is 15.6 Å². The van der Waals surface area contributed by atoms with E-state index < -0.39 is 5.82 Å². The number of amides is 1. The zero-order valence-corrected chi connectivity index (χ0v) is 17.1. The topological polar surface area (TPSA) is 66.5 Å². The van der Waals surface area contributed by atoms with Crippen molar-refractivity contribution in [1.29, 1.82) is 0 Å². The summed E-state index contributed by atoms with van der Waals surface area (Å²) >= 11 is 0. The number of anilines is 1. The minimum absolute atomic E-state index is 0.0780. The van der Waals surface area contributed by atoms with Crippen LogP contribution >= 0.6 is 0 Å². The second-order valence-electron chi connectivity index (χ2n) is 7.24. The SMILES string of the molecule is CCCN(Cc1ccccc1)c1nc(OC)c(CNC(=O)[C@@H]2CCCN2)cc1F. The molecule has 1 aromatic heterocycles. The number of nitrogens with one attached hydrogen (secondary N) is 2. The van der Waals surface area contributed by atoms with E-state index in [0.717, 1.165) is 31.4 Å². The average Bonchev–Trinajstić information content (AvgIpc) is 3.27. The Bertz CT molecular complexity index is 810. The van der Waals surface area contributed by atoms with Crippen molar-refractivity contribution in [2.75, 3.05) is 25.1 Å². The minimum Gasteiger partial charge on any atom is -0.481 e. The van der Waals surface area contributed by atoms with Crippen molar-refractivity contribution >= 4 is 11.7 Å². The molecule has 0 bridgehead atoms. The maximum absolute atomic E-state index is 15.0. The van der Waals surface area contributed by atoms with Gasteiger partial charge in [-0.1, -0.05) is 37.3 Å². The summed E-state index contributed by atoms with van der Waals surface area (Å²) in [5.74, 6) is 0.0967. The van der Waals surface area contributed by atoms with Crippen molar-refractivity contribution in [1.82, 2.24) is 15.6 Å². The Morgan fingerprint density at radius 1 is 1.38 bits per heavy atom. The molecule has 1 aromatic carbocycles. The number of hydrogen-bond acceptors (Lipinski definition) is 5. The van der Waals surface area contributed by atoms with Crippen molar-refractivity contribution in [2.24, 2.45) is 0 Å². The molecule has 2 N–H and O–H groups in total. The predicted octanol–water partition coefficient (Wildman–Crippen LogP) is 3.01. The summed E-state index contributed by atoms with van der Waals surface area (Å²) in [4.78, 5) is 18.6. The Morgan fingerprint density at radius 2 is 2.17 bits per heavy atom. The van der Waals surface area contributed by atoms with Crippen LogP contribution in [0.2, 0.25) is 0 Å². The first kappa shape index (κ1) is 21.0. The summed E-state index contributed by atoms with van der Waals surface area (Å²) in [6.45, 7) is 4.31. The molecular weight excluding hydrogens is 371 g/mol. The van der Waals surface area contributed by atoms with E-state index in [1.807, 2.05) is 42.2 Å². The van der Waals surface area contributed by atoms with E-state index in [-0.39, 0.29) is 24.3 Å². The van der Waals surface area contributed by atoms with E-state index in [1.54, 1.807) is 0 Å². The van der Waals surface area contributed by atoms with Gasteiger partial charge in [-0.15, -0.1) is 0 Å². The van der Waals surface area contributed by atoms with Crippen LogP contribution in [-0.4, -0.2) is 37.1 Å². The van der Waals surface area contributed by atoms with Gasteiger partial charge < -0.3 is 20.3 Å². The lowest BCUT2D eigenvalue weighted by atomic mass is 10.2. The second kappa shape index (κ2) is 10.2. The number of halogens is 1. The lowest BCUT2D eigenvalue weighted by Crippen LogP contribution is -2.40. The van der Waals surface area contributed by atoms with Gasteiger partial charge in [-0.05, 0) is 37.4 Å². The minimum atomic E-state index is -0.418. The van der Waals surface area contributed by atoms with Gasteiger partial charge in [0.25, 0.3) is 0 Å². The Labute approximate surface area is 171 Å². The summed E-state index contributed by atoms with van der Waals surface area (Å²) in [7, 11) is 1.51. The number of benzene rings is 1. The molecule has 3 rings (SSSR count). The molecule has 1 aliphatic rings. The number of hydrogen-bond donors (Lipinski definition) is 2. The van der Waals surface area contributed by atoms with Gasteiger partial charge >= 0.3 is 0 Å². The quantitative estimate of drug-likeness (QED) is 0.677. The maximum Gasteiger partial charge on any atom is 0.237 e. The van der Waals surface area contributed by atoms with Gasteiger partial charge in [0.1, 0.15) is 0 Å². The molecule has 0 aliphatic carbocycles. The smallest absolute Gasteiger partial charge is 0.237 e. The molecule has 1 saturated heterocycles. The predicted molar refractivity (Wildman–Crippen MR) is 111 cm³/mol. The number of carbonyl (C=O) groups excluding carboxylic acids is 1. The number of carbonyl (C=O) groups is 1. The van der Waals surface area contributed by atoms with Crippen molar-refractivity contribution in [3.63, 3.8) is 0 Å². The highest BCUT2D eigenvalue weighted by Gasteiger charge is 2.23. The molecule has 1 aliphatic heterocycles. The molecule has 6 nitrogen and oxygen atoms in total. The first-order valence-electron chi connectivity index (χ1n) is 10.2. The Kier molecular flexibility index (Phi) is 7.41. The summed E-state index contributed by atoms with van der Waals surface area (Å²) in [6, 6.07) is 11.2. The Morgan fingerprint density at radius 3 is 2.83 bits per heavy atom. The van der Waals surface area contributed by atoms with Gasteiger partial charge in [-0.25, -0.2) is 4.39 Å². The molecule has 0 saturated carbocycles.